The first-order chi connectivity index (χ1) is 12.6. The Morgan fingerprint density at radius 2 is 1.58 bits per heavy atom. The number of hydrogen-bond acceptors (Lipinski definition) is 0. The van der Waals surface area contributed by atoms with Gasteiger partial charge in [-0.3, -0.25) is 0 Å². The van der Waals surface area contributed by atoms with Crippen LogP contribution in [-0.4, -0.2) is 0 Å². The fourth-order valence-corrected chi connectivity index (χ4v) is 4.84. The quantitative estimate of drug-likeness (QED) is 0.413. The molecule has 2 aliphatic carbocycles. The van der Waals surface area contributed by atoms with Crippen LogP contribution in [-0.2, 0) is 25.7 Å². The normalized spacial score (nSPS) is 22.3. The predicted molar refractivity (Wildman–Crippen MR) is 103 cm³/mol. The number of fused-ring (bicyclic) bond motifs is 3. The summed E-state index contributed by atoms with van der Waals surface area (Å²) >= 11 is 5.63. The molecule has 0 aromatic heterocycles. The van der Waals surface area contributed by atoms with Crippen molar-refractivity contribution in [3.63, 3.8) is 0 Å². The molecule has 0 N–H and O–H groups in total. The Hall–Kier alpha value is -1.67. The number of benzene rings is 2. The van der Waals surface area contributed by atoms with Gasteiger partial charge in [0.15, 0.2) is 0 Å². The number of rotatable bonds is 2. The predicted octanol–water partition coefficient (Wildman–Crippen LogP) is 6.57. The first kappa shape index (κ1) is 17.7. The fourth-order valence-electron chi connectivity index (χ4n) is 4.73. The first-order valence-corrected chi connectivity index (χ1v) is 9.84. The number of allylic oxidation sites excluding steroid dienone is 2. The molecule has 0 spiro atoms. The summed E-state index contributed by atoms with van der Waals surface area (Å²) < 4.78 is 27.7. The van der Waals surface area contributed by atoms with E-state index in [1.54, 1.807) is 0 Å². The molecule has 0 radical (unpaired) electrons. The van der Waals surface area contributed by atoms with Gasteiger partial charge >= 0.3 is 0 Å². The third-order valence-corrected chi connectivity index (χ3v) is 6.38. The summed E-state index contributed by atoms with van der Waals surface area (Å²) in [5, 5.41) is -0.408. The van der Waals surface area contributed by atoms with Crippen LogP contribution in [0.5, 0.6) is 0 Å². The molecule has 2 aromatic rings. The molecular weight excluding hydrogens is 350 g/mol. The van der Waals surface area contributed by atoms with Crippen LogP contribution in [0.3, 0.4) is 0 Å². The van der Waals surface area contributed by atoms with Crippen molar-refractivity contribution in [2.24, 2.45) is 5.92 Å². The monoisotopic (exact) mass is 372 g/mol. The Morgan fingerprint density at radius 1 is 0.962 bits per heavy atom. The molecule has 3 heteroatoms. The lowest BCUT2D eigenvalue weighted by atomic mass is 9.74. The summed E-state index contributed by atoms with van der Waals surface area (Å²) in [6.07, 6.45) is 10.7. The van der Waals surface area contributed by atoms with Gasteiger partial charge in [0.2, 0.25) is 0 Å². The second kappa shape index (κ2) is 7.15. The Morgan fingerprint density at radius 3 is 2.23 bits per heavy atom. The topological polar surface area (TPSA) is 0 Å². The standard InChI is InChI=1S/C23H23ClF2/c1-2-3-14-4-8-19-16(10-14)5-6-17-11-15(7-9-20(17)19)18-12-21(25)23(24)22(26)13-18/h2-3,5-6,12-15H,4,7-11H2,1H3/b3-2-/t14-,15-/m0/s1. The van der Waals surface area contributed by atoms with E-state index in [2.05, 4.69) is 31.2 Å². The molecule has 2 atom stereocenters. The van der Waals surface area contributed by atoms with Gasteiger partial charge in [-0.25, -0.2) is 8.78 Å². The minimum Gasteiger partial charge on any atom is -0.205 e. The lowest BCUT2D eigenvalue weighted by Gasteiger charge is -2.31. The second-order valence-corrected chi connectivity index (χ2v) is 7.99. The Balaban J connectivity index is 1.61. The largest absolute Gasteiger partial charge is 0.205 e. The fraction of sp³-hybridized carbons (Fsp3) is 0.391. The zero-order valence-corrected chi connectivity index (χ0v) is 15.8. The molecule has 0 aliphatic heterocycles. The maximum Gasteiger partial charge on any atom is 0.145 e. The van der Waals surface area contributed by atoms with E-state index in [1.807, 2.05) is 0 Å². The summed E-state index contributed by atoms with van der Waals surface area (Å²) in [6, 6.07) is 7.32. The highest BCUT2D eigenvalue weighted by molar-refractivity contribution is 6.30. The van der Waals surface area contributed by atoms with Gasteiger partial charge < -0.3 is 0 Å². The maximum atomic E-state index is 13.8. The molecule has 136 valence electrons. The van der Waals surface area contributed by atoms with Crippen molar-refractivity contribution in [3.8, 4) is 0 Å². The summed E-state index contributed by atoms with van der Waals surface area (Å²) in [5.74, 6) is -0.510. The van der Waals surface area contributed by atoms with E-state index in [1.165, 1.54) is 40.8 Å². The van der Waals surface area contributed by atoms with Gasteiger partial charge in [-0.15, -0.1) is 0 Å². The molecule has 0 saturated heterocycles. The van der Waals surface area contributed by atoms with Gasteiger partial charge in [-0.05, 0) is 97.2 Å². The number of halogens is 3. The van der Waals surface area contributed by atoms with Crippen LogP contribution < -0.4 is 0 Å². The summed E-state index contributed by atoms with van der Waals surface area (Å²) in [7, 11) is 0. The lowest BCUT2D eigenvalue weighted by molar-refractivity contribution is 0.528. The minimum atomic E-state index is -0.659. The minimum absolute atomic E-state index is 0.154. The van der Waals surface area contributed by atoms with Gasteiger partial charge in [-0.1, -0.05) is 35.9 Å². The van der Waals surface area contributed by atoms with E-state index in [9.17, 15) is 8.78 Å². The summed E-state index contributed by atoms with van der Waals surface area (Å²) in [4.78, 5) is 0. The maximum absolute atomic E-state index is 13.8. The van der Waals surface area contributed by atoms with Gasteiger partial charge in [0, 0.05) is 0 Å². The third kappa shape index (κ3) is 3.20. The summed E-state index contributed by atoms with van der Waals surface area (Å²) in [5.41, 5.74) is 6.59. The Kier molecular flexibility index (Phi) is 4.88. The average molecular weight is 373 g/mol. The highest BCUT2D eigenvalue weighted by Crippen LogP contribution is 2.39. The molecule has 0 fully saturated rings. The van der Waals surface area contributed by atoms with Crippen LogP contribution in [0.1, 0.15) is 53.5 Å². The van der Waals surface area contributed by atoms with Crippen molar-refractivity contribution in [3.05, 3.63) is 80.9 Å². The zero-order valence-electron chi connectivity index (χ0n) is 15.0. The van der Waals surface area contributed by atoms with Gasteiger partial charge in [0.1, 0.15) is 16.7 Å². The van der Waals surface area contributed by atoms with Crippen LogP contribution >= 0.6 is 11.6 Å². The van der Waals surface area contributed by atoms with Crippen LogP contribution in [0.2, 0.25) is 5.02 Å². The zero-order chi connectivity index (χ0) is 18.3. The van der Waals surface area contributed by atoms with E-state index < -0.39 is 16.7 Å². The Bertz CT molecular complexity index is 846. The van der Waals surface area contributed by atoms with Crippen LogP contribution in [0.4, 0.5) is 8.78 Å². The van der Waals surface area contributed by atoms with E-state index >= 15 is 0 Å². The molecule has 2 aromatic carbocycles. The lowest BCUT2D eigenvalue weighted by Crippen LogP contribution is -2.20. The van der Waals surface area contributed by atoms with Gasteiger partial charge in [0.25, 0.3) is 0 Å². The van der Waals surface area contributed by atoms with Crippen molar-refractivity contribution < 1.29 is 8.78 Å². The van der Waals surface area contributed by atoms with Crippen LogP contribution in [0.15, 0.2) is 36.4 Å². The first-order valence-electron chi connectivity index (χ1n) is 9.46. The smallest absolute Gasteiger partial charge is 0.145 e. The molecule has 4 rings (SSSR count). The molecule has 2 aliphatic rings. The van der Waals surface area contributed by atoms with E-state index in [4.69, 9.17) is 11.6 Å². The molecule has 0 nitrogen and oxygen atoms in total. The van der Waals surface area contributed by atoms with Crippen molar-refractivity contribution in [1.29, 1.82) is 0 Å². The van der Waals surface area contributed by atoms with Crippen molar-refractivity contribution in [1.82, 2.24) is 0 Å². The highest BCUT2D eigenvalue weighted by Gasteiger charge is 2.27. The van der Waals surface area contributed by atoms with Crippen molar-refractivity contribution in [2.75, 3.05) is 0 Å². The SMILES string of the molecule is C/C=C\[C@H]1CCc2c(ccc3c2CC[C@H](c2cc(F)c(Cl)c(F)c2)C3)C1. The molecule has 0 unspecified atom stereocenters. The van der Waals surface area contributed by atoms with E-state index in [0.717, 1.165) is 37.7 Å². The van der Waals surface area contributed by atoms with Crippen molar-refractivity contribution >= 4 is 11.6 Å². The second-order valence-electron chi connectivity index (χ2n) is 7.61. The van der Waals surface area contributed by atoms with E-state index in [0.29, 0.717) is 5.92 Å². The summed E-state index contributed by atoms with van der Waals surface area (Å²) in [6.45, 7) is 2.09. The molecule has 26 heavy (non-hydrogen) atoms. The Labute approximate surface area is 158 Å². The average Bonchev–Trinajstić information content (AvgIpc) is 2.65. The van der Waals surface area contributed by atoms with Crippen LogP contribution in [0, 0.1) is 17.6 Å². The molecular formula is C23H23ClF2. The third-order valence-electron chi connectivity index (χ3n) is 6.02. The molecule has 0 amide bonds. The molecule has 0 bridgehead atoms. The van der Waals surface area contributed by atoms with E-state index in [-0.39, 0.29) is 5.92 Å². The van der Waals surface area contributed by atoms with Gasteiger partial charge in [0.05, 0.1) is 0 Å². The molecule has 0 saturated carbocycles. The van der Waals surface area contributed by atoms with Gasteiger partial charge in [-0.2, -0.15) is 0 Å². The van der Waals surface area contributed by atoms with Crippen LogP contribution in [0.25, 0.3) is 0 Å². The molecule has 0 heterocycles. The highest BCUT2D eigenvalue weighted by atomic mass is 35.5. The van der Waals surface area contributed by atoms with Crippen molar-refractivity contribution in [2.45, 2.75) is 51.4 Å². The number of hydrogen-bond donors (Lipinski definition) is 0.